The topological polar surface area (TPSA) is 67.4 Å². The summed E-state index contributed by atoms with van der Waals surface area (Å²) in [7, 11) is 0. The van der Waals surface area contributed by atoms with Crippen LogP contribution in [0.2, 0.25) is 0 Å². The molecule has 5 heteroatoms. The minimum Gasteiger partial charge on any atom is -0.494 e. The first kappa shape index (κ1) is 17.5. The molecule has 24 heavy (non-hydrogen) atoms. The van der Waals surface area contributed by atoms with Gasteiger partial charge in [0.1, 0.15) is 5.75 Å². The Balaban J connectivity index is 1.74. The average Bonchev–Trinajstić information content (AvgIpc) is 2.57. The Morgan fingerprint density at radius 1 is 1.00 bits per heavy atom. The summed E-state index contributed by atoms with van der Waals surface area (Å²) >= 11 is 0. The van der Waals surface area contributed by atoms with Crippen LogP contribution in [-0.2, 0) is 0 Å². The second kappa shape index (κ2) is 8.72. The van der Waals surface area contributed by atoms with Crippen molar-refractivity contribution in [1.29, 1.82) is 0 Å². The Bertz CT molecular complexity index is 679. The van der Waals surface area contributed by atoms with Gasteiger partial charge >= 0.3 is 6.03 Å². The van der Waals surface area contributed by atoms with Crippen molar-refractivity contribution in [1.82, 2.24) is 5.32 Å². The molecule has 0 aliphatic heterocycles. The molecule has 0 unspecified atom stereocenters. The minimum atomic E-state index is -0.337. The van der Waals surface area contributed by atoms with Crippen LogP contribution in [0.25, 0.3) is 0 Å². The summed E-state index contributed by atoms with van der Waals surface area (Å²) < 4.78 is 5.34. The van der Waals surface area contributed by atoms with E-state index in [0.717, 1.165) is 11.3 Å². The number of carbonyl (C=O) groups excluding carboxylic acids is 2. The third-order valence-corrected chi connectivity index (χ3v) is 3.43. The van der Waals surface area contributed by atoms with Crippen LogP contribution in [0.3, 0.4) is 0 Å². The van der Waals surface area contributed by atoms with Gasteiger partial charge in [-0.2, -0.15) is 0 Å². The molecule has 0 radical (unpaired) electrons. The van der Waals surface area contributed by atoms with Crippen LogP contribution < -0.4 is 15.4 Å². The second-order valence-electron chi connectivity index (χ2n) is 5.38. The number of hydrogen-bond donors (Lipinski definition) is 2. The van der Waals surface area contributed by atoms with Crippen molar-refractivity contribution in [3.63, 3.8) is 0 Å². The van der Waals surface area contributed by atoms with Gasteiger partial charge in [0.2, 0.25) is 0 Å². The molecule has 0 aliphatic rings. The number of rotatable bonds is 7. The highest BCUT2D eigenvalue weighted by Gasteiger charge is 2.07. The Kier molecular flexibility index (Phi) is 6.37. The Morgan fingerprint density at radius 2 is 1.67 bits per heavy atom. The first-order valence-corrected chi connectivity index (χ1v) is 7.96. The number of nitrogens with one attached hydrogen (secondary N) is 2. The molecule has 2 aromatic carbocycles. The maximum Gasteiger partial charge on any atom is 0.319 e. The number of hydrogen-bond acceptors (Lipinski definition) is 3. The smallest absolute Gasteiger partial charge is 0.319 e. The van der Waals surface area contributed by atoms with Crippen LogP contribution in [0.15, 0.2) is 48.5 Å². The van der Waals surface area contributed by atoms with Crippen molar-refractivity contribution >= 4 is 17.5 Å². The summed E-state index contributed by atoms with van der Waals surface area (Å²) in [4.78, 5) is 23.8. The van der Waals surface area contributed by atoms with E-state index in [9.17, 15) is 9.59 Å². The number of ether oxygens (including phenoxy) is 1. The predicted octanol–water partition coefficient (Wildman–Crippen LogP) is 3.79. The minimum absolute atomic E-state index is 0.0105. The third-order valence-electron chi connectivity index (χ3n) is 3.43. The molecule has 2 amide bonds. The van der Waals surface area contributed by atoms with Gasteiger partial charge in [-0.25, -0.2) is 4.79 Å². The monoisotopic (exact) mass is 326 g/mol. The Hall–Kier alpha value is -2.82. The molecule has 0 spiro atoms. The van der Waals surface area contributed by atoms with Gasteiger partial charge in [0.25, 0.3) is 0 Å². The van der Waals surface area contributed by atoms with E-state index in [0.29, 0.717) is 17.9 Å². The number of benzene rings is 2. The molecule has 0 bridgehead atoms. The molecule has 2 rings (SSSR count). The molecule has 0 aliphatic carbocycles. The SMILES string of the molecule is CCOc1ccc(NC(=O)NCCC(=O)c2ccc(C)cc2)cc1. The molecule has 126 valence electrons. The lowest BCUT2D eigenvalue weighted by Crippen LogP contribution is -2.30. The Labute approximate surface area is 142 Å². The van der Waals surface area contributed by atoms with Crippen LogP contribution >= 0.6 is 0 Å². The van der Waals surface area contributed by atoms with Crippen LogP contribution in [-0.4, -0.2) is 25.0 Å². The number of carbonyl (C=O) groups is 2. The summed E-state index contributed by atoms with van der Waals surface area (Å²) in [6.07, 6.45) is 0.264. The lowest BCUT2D eigenvalue weighted by molar-refractivity contribution is 0.0983. The first-order chi connectivity index (χ1) is 11.6. The van der Waals surface area contributed by atoms with Gasteiger partial charge in [-0.1, -0.05) is 29.8 Å². The van der Waals surface area contributed by atoms with Gasteiger partial charge in [0, 0.05) is 24.2 Å². The fourth-order valence-electron chi connectivity index (χ4n) is 2.15. The predicted molar refractivity (Wildman–Crippen MR) is 94.8 cm³/mol. The van der Waals surface area contributed by atoms with Crippen molar-refractivity contribution in [3.05, 3.63) is 59.7 Å². The lowest BCUT2D eigenvalue weighted by atomic mass is 10.1. The van der Waals surface area contributed by atoms with E-state index in [1.165, 1.54) is 0 Å². The quantitative estimate of drug-likeness (QED) is 0.761. The fourth-order valence-corrected chi connectivity index (χ4v) is 2.15. The van der Waals surface area contributed by atoms with Gasteiger partial charge in [-0.3, -0.25) is 4.79 Å². The lowest BCUT2D eigenvalue weighted by Gasteiger charge is -2.08. The molecule has 2 N–H and O–H groups in total. The van der Waals surface area contributed by atoms with Gasteiger partial charge in [-0.05, 0) is 38.1 Å². The summed E-state index contributed by atoms with van der Waals surface area (Å²) in [6, 6.07) is 14.2. The molecule has 0 saturated heterocycles. The molecule has 0 saturated carbocycles. The van der Waals surface area contributed by atoms with Crippen molar-refractivity contribution in [2.75, 3.05) is 18.5 Å². The molecule has 0 fully saturated rings. The zero-order valence-corrected chi connectivity index (χ0v) is 14.0. The zero-order valence-electron chi connectivity index (χ0n) is 14.0. The van der Waals surface area contributed by atoms with E-state index in [-0.39, 0.29) is 24.8 Å². The molecular weight excluding hydrogens is 304 g/mol. The van der Waals surface area contributed by atoms with E-state index in [1.54, 1.807) is 36.4 Å². The number of ketones is 1. The average molecular weight is 326 g/mol. The zero-order chi connectivity index (χ0) is 17.4. The van der Waals surface area contributed by atoms with Gasteiger partial charge < -0.3 is 15.4 Å². The van der Waals surface area contributed by atoms with E-state index in [2.05, 4.69) is 10.6 Å². The number of aryl methyl sites for hydroxylation is 1. The standard InChI is InChI=1S/C19H22N2O3/c1-3-24-17-10-8-16(9-11-17)21-19(23)20-13-12-18(22)15-6-4-14(2)5-7-15/h4-11H,3,12-13H2,1-2H3,(H2,20,21,23). The maximum absolute atomic E-state index is 12.0. The van der Waals surface area contributed by atoms with Crippen molar-refractivity contribution in [2.45, 2.75) is 20.3 Å². The largest absolute Gasteiger partial charge is 0.494 e. The van der Waals surface area contributed by atoms with Gasteiger partial charge in [-0.15, -0.1) is 0 Å². The van der Waals surface area contributed by atoms with E-state index in [4.69, 9.17) is 4.74 Å². The van der Waals surface area contributed by atoms with Crippen LogP contribution in [0.4, 0.5) is 10.5 Å². The molecule has 2 aromatic rings. The number of urea groups is 1. The van der Waals surface area contributed by atoms with E-state index in [1.807, 2.05) is 26.0 Å². The highest BCUT2D eigenvalue weighted by Crippen LogP contribution is 2.15. The summed E-state index contributed by atoms with van der Waals surface area (Å²) in [6.45, 7) is 4.77. The van der Waals surface area contributed by atoms with Crippen molar-refractivity contribution in [2.24, 2.45) is 0 Å². The van der Waals surface area contributed by atoms with Crippen molar-refractivity contribution < 1.29 is 14.3 Å². The van der Waals surface area contributed by atoms with Crippen LogP contribution in [0, 0.1) is 6.92 Å². The van der Waals surface area contributed by atoms with E-state index < -0.39 is 0 Å². The Morgan fingerprint density at radius 3 is 2.29 bits per heavy atom. The van der Waals surface area contributed by atoms with Crippen LogP contribution in [0.1, 0.15) is 29.3 Å². The first-order valence-electron chi connectivity index (χ1n) is 7.96. The second-order valence-corrected chi connectivity index (χ2v) is 5.38. The summed E-state index contributed by atoms with van der Waals surface area (Å²) in [5.41, 5.74) is 2.44. The van der Waals surface area contributed by atoms with Gasteiger partial charge in [0.15, 0.2) is 5.78 Å². The number of amides is 2. The van der Waals surface area contributed by atoms with E-state index >= 15 is 0 Å². The molecule has 0 aromatic heterocycles. The maximum atomic E-state index is 12.0. The molecule has 5 nitrogen and oxygen atoms in total. The molecular formula is C19H22N2O3. The van der Waals surface area contributed by atoms with Gasteiger partial charge in [0.05, 0.1) is 6.61 Å². The summed E-state index contributed by atoms with van der Waals surface area (Å²) in [5.74, 6) is 0.767. The highest BCUT2D eigenvalue weighted by molar-refractivity contribution is 5.96. The number of anilines is 1. The fraction of sp³-hybridized carbons (Fsp3) is 0.263. The van der Waals surface area contributed by atoms with Crippen molar-refractivity contribution in [3.8, 4) is 5.75 Å². The molecule has 0 atom stereocenters. The molecule has 0 heterocycles. The normalized spacial score (nSPS) is 10.1. The summed E-state index contributed by atoms with van der Waals surface area (Å²) in [5, 5.41) is 5.40. The number of Topliss-reactive ketones (excluding diaryl/α,β-unsaturated/α-hetero) is 1. The highest BCUT2D eigenvalue weighted by atomic mass is 16.5. The van der Waals surface area contributed by atoms with Crippen LogP contribution in [0.5, 0.6) is 5.75 Å². The third kappa shape index (κ3) is 5.43.